The van der Waals surface area contributed by atoms with E-state index in [2.05, 4.69) is 10.6 Å². The molecule has 1 fully saturated rings. The topological polar surface area (TPSA) is 95.6 Å². The Morgan fingerprint density at radius 3 is 2.61 bits per heavy atom. The Kier molecular flexibility index (Phi) is 4.43. The van der Waals surface area contributed by atoms with Gasteiger partial charge in [-0.25, -0.2) is 4.79 Å². The first kappa shape index (κ1) is 19.5. The van der Waals surface area contributed by atoms with Crippen LogP contribution in [0.5, 0.6) is 0 Å². The van der Waals surface area contributed by atoms with E-state index in [1.807, 2.05) is 18.2 Å². The van der Waals surface area contributed by atoms with Crippen molar-refractivity contribution < 1.29 is 19.2 Å². The molecule has 31 heavy (non-hydrogen) atoms. The standard InChI is InChI=1S/C24H23N3O4/c1-24(18-8-5-14-3-2-4-15(14)12-18)22(30)27(23(31)26-24)13-20(28)17-6-9-19-16(11-17)7-10-21(29)25-19/h5-6,8-9,11-12H,2-4,7,10,13H2,1H3,(H,25,29)(H,26,31)/t24-/m1/s1. The number of carbonyl (C=O) groups is 4. The maximum absolute atomic E-state index is 13.2. The lowest BCUT2D eigenvalue weighted by Gasteiger charge is -2.23. The molecule has 0 bridgehead atoms. The third kappa shape index (κ3) is 3.21. The van der Waals surface area contributed by atoms with Crippen LogP contribution in [0.15, 0.2) is 36.4 Å². The van der Waals surface area contributed by atoms with Crippen molar-refractivity contribution in [3.8, 4) is 0 Å². The van der Waals surface area contributed by atoms with E-state index < -0.39 is 17.5 Å². The molecule has 0 saturated carbocycles. The number of urea groups is 1. The second-order valence-corrected chi connectivity index (χ2v) is 8.63. The van der Waals surface area contributed by atoms with E-state index in [0.29, 0.717) is 24.1 Å². The minimum atomic E-state index is -1.19. The van der Waals surface area contributed by atoms with Crippen LogP contribution in [0.2, 0.25) is 0 Å². The lowest BCUT2D eigenvalue weighted by molar-refractivity contribution is -0.130. The fraction of sp³-hybridized carbons (Fsp3) is 0.333. The fourth-order valence-corrected chi connectivity index (χ4v) is 4.71. The Morgan fingerprint density at radius 2 is 1.77 bits per heavy atom. The largest absolute Gasteiger partial charge is 0.326 e. The van der Waals surface area contributed by atoms with Crippen molar-refractivity contribution in [2.75, 3.05) is 11.9 Å². The van der Waals surface area contributed by atoms with Crippen molar-refractivity contribution >= 4 is 29.3 Å². The maximum atomic E-state index is 13.2. The molecule has 0 radical (unpaired) electrons. The SMILES string of the molecule is C[C@]1(c2ccc3c(c2)CCC3)NC(=O)N(CC(=O)c2ccc3c(c2)CCC(=O)N3)C1=O. The Bertz CT molecular complexity index is 1160. The summed E-state index contributed by atoms with van der Waals surface area (Å²) in [6.07, 6.45) is 4.04. The molecule has 2 aliphatic heterocycles. The van der Waals surface area contributed by atoms with Crippen LogP contribution in [-0.4, -0.2) is 35.1 Å². The first-order chi connectivity index (χ1) is 14.8. The molecule has 4 amide bonds. The van der Waals surface area contributed by atoms with E-state index in [1.54, 1.807) is 25.1 Å². The van der Waals surface area contributed by atoms with Crippen molar-refractivity contribution in [3.05, 3.63) is 64.2 Å². The molecule has 0 aromatic heterocycles. The zero-order valence-corrected chi connectivity index (χ0v) is 17.3. The smallest absolute Gasteiger partial charge is 0.325 e. The van der Waals surface area contributed by atoms with Crippen molar-refractivity contribution in [1.29, 1.82) is 0 Å². The molecule has 1 atom stereocenters. The van der Waals surface area contributed by atoms with Gasteiger partial charge in [0, 0.05) is 17.7 Å². The number of ketones is 1. The summed E-state index contributed by atoms with van der Waals surface area (Å²) in [4.78, 5) is 51.3. The number of hydrogen-bond acceptors (Lipinski definition) is 4. The van der Waals surface area contributed by atoms with Gasteiger partial charge in [-0.1, -0.05) is 18.2 Å². The van der Waals surface area contributed by atoms with Gasteiger partial charge in [-0.15, -0.1) is 0 Å². The fourth-order valence-electron chi connectivity index (χ4n) is 4.71. The van der Waals surface area contributed by atoms with Crippen molar-refractivity contribution in [2.45, 2.75) is 44.6 Å². The maximum Gasteiger partial charge on any atom is 0.325 e. The quantitative estimate of drug-likeness (QED) is 0.591. The second-order valence-electron chi connectivity index (χ2n) is 8.63. The number of carbonyl (C=O) groups excluding carboxylic acids is 4. The highest BCUT2D eigenvalue weighted by atomic mass is 16.2. The van der Waals surface area contributed by atoms with Gasteiger partial charge in [-0.05, 0) is 73.1 Å². The number of aryl methyl sites for hydroxylation is 3. The molecule has 2 N–H and O–H groups in total. The van der Waals surface area contributed by atoms with Crippen LogP contribution in [0.1, 0.15) is 52.4 Å². The molecule has 2 aromatic carbocycles. The summed E-state index contributed by atoms with van der Waals surface area (Å²) in [6, 6.07) is 10.4. The van der Waals surface area contributed by atoms with Gasteiger partial charge in [-0.2, -0.15) is 0 Å². The lowest BCUT2D eigenvalue weighted by Crippen LogP contribution is -2.41. The number of nitrogens with one attached hydrogen (secondary N) is 2. The van der Waals surface area contributed by atoms with Gasteiger partial charge in [0.25, 0.3) is 5.91 Å². The number of benzene rings is 2. The van der Waals surface area contributed by atoms with Gasteiger partial charge in [0.15, 0.2) is 5.78 Å². The monoisotopic (exact) mass is 417 g/mol. The summed E-state index contributed by atoms with van der Waals surface area (Å²) in [5, 5.41) is 5.57. The summed E-state index contributed by atoms with van der Waals surface area (Å²) in [5.74, 6) is -0.785. The third-order valence-corrected chi connectivity index (χ3v) is 6.58. The first-order valence-electron chi connectivity index (χ1n) is 10.6. The van der Waals surface area contributed by atoms with Gasteiger partial charge in [0.1, 0.15) is 5.54 Å². The Hall–Kier alpha value is -3.48. The average Bonchev–Trinajstić information content (AvgIpc) is 3.31. The predicted octanol–water partition coefficient (Wildman–Crippen LogP) is 2.71. The van der Waals surface area contributed by atoms with Crippen molar-refractivity contribution in [2.24, 2.45) is 0 Å². The number of amides is 4. The molecule has 2 heterocycles. The first-order valence-corrected chi connectivity index (χ1v) is 10.6. The Morgan fingerprint density at radius 1 is 0.968 bits per heavy atom. The lowest BCUT2D eigenvalue weighted by atomic mass is 9.89. The molecule has 5 rings (SSSR count). The number of nitrogens with zero attached hydrogens (tertiary/aromatic N) is 1. The van der Waals surface area contributed by atoms with E-state index in [0.717, 1.165) is 35.3 Å². The molecule has 158 valence electrons. The molecular weight excluding hydrogens is 394 g/mol. The number of imide groups is 1. The molecule has 0 unspecified atom stereocenters. The predicted molar refractivity (Wildman–Crippen MR) is 114 cm³/mol. The third-order valence-electron chi connectivity index (χ3n) is 6.58. The van der Waals surface area contributed by atoms with Crippen LogP contribution < -0.4 is 10.6 Å². The van der Waals surface area contributed by atoms with Gasteiger partial charge in [0.2, 0.25) is 5.91 Å². The van der Waals surface area contributed by atoms with E-state index in [-0.39, 0.29) is 18.2 Å². The van der Waals surface area contributed by atoms with E-state index >= 15 is 0 Å². The van der Waals surface area contributed by atoms with Crippen LogP contribution in [0.25, 0.3) is 0 Å². The molecule has 1 aliphatic carbocycles. The van der Waals surface area contributed by atoms with Crippen molar-refractivity contribution in [3.63, 3.8) is 0 Å². The van der Waals surface area contributed by atoms with Crippen LogP contribution >= 0.6 is 0 Å². The summed E-state index contributed by atoms with van der Waals surface area (Å²) < 4.78 is 0. The summed E-state index contributed by atoms with van der Waals surface area (Å²) >= 11 is 0. The Labute approximate surface area is 179 Å². The minimum absolute atomic E-state index is 0.0447. The number of Topliss-reactive ketones (excluding diaryl/α,β-unsaturated/α-hetero) is 1. The zero-order chi connectivity index (χ0) is 21.8. The molecule has 2 aromatic rings. The van der Waals surface area contributed by atoms with E-state index in [4.69, 9.17) is 0 Å². The average molecular weight is 417 g/mol. The normalized spacial score (nSPS) is 22.1. The highest BCUT2D eigenvalue weighted by molar-refractivity contribution is 6.11. The van der Waals surface area contributed by atoms with Crippen LogP contribution in [-0.2, 0) is 34.4 Å². The van der Waals surface area contributed by atoms with Gasteiger partial charge in [-0.3, -0.25) is 19.3 Å². The Balaban J connectivity index is 1.36. The van der Waals surface area contributed by atoms with Gasteiger partial charge < -0.3 is 10.6 Å². The summed E-state index contributed by atoms with van der Waals surface area (Å²) in [5.41, 5.74) is 4.07. The second kappa shape index (κ2) is 7.04. The molecular formula is C24H23N3O4. The zero-order valence-electron chi connectivity index (χ0n) is 17.3. The molecule has 3 aliphatic rings. The molecule has 7 nitrogen and oxygen atoms in total. The molecule has 1 saturated heterocycles. The van der Waals surface area contributed by atoms with Gasteiger partial charge >= 0.3 is 6.03 Å². The van der Waals surface area contributed by atoms with Crippen LogP contribution in [0.3, 0.4) is 0 Å². The number of rotatable bonds is 4. The molecule has 7 heteroatoms. The van der Waals surface area contributed by atoms with Crippen LogP contribution in [0, 0.1) is 0 Å². The highest BCUT2D eigenvalue weighted by Gasteiger charge is 2.49. The van der Waals surface area contributed by atoms with E-state index in [9.17, 15) is 19.2 Å². The van der Waals surface area contributed by atoms with Gasteiger partial charge in [0.05, 0.1) is 6.54 Å². The number of fused-ring (bicyclic) bond motifs is 2. The molecule has 0 spiro atoms. The highest BCUT2D eigenvalue weighted by Crippen LogP contribution is 2.33. The van der Waals surface area contributed by atoms with Crippen molar-refractivity contribution in [1.82, 2.24) is 10.2 Å². The summed E-state index contributed by atoms with van der Waals surface area (Å²) in [6.45, 7) is 1.37. The summed E-state index contributed by atoms with van der Waals surface area (Å²) in [7, 11) is 0. The van der Waals surface area contributed by atoms with E-state index in [1.165, 1.54) is 11.1 Å². The minimum Gasteiger partial charge on any atom is -0.326 e. The van der Waals surface area contributed by atoms with Crippen LogP contribution in [0.4, 0.5) is 10.5 Å². The number of hydrogen-bond donors (Lipinski definition) is 2. The number of anilines is 1.